The van der Waals surface area contributed by atoms with Crippen LogP contribution < -0.4 is 14.8 Å². The summed E-state index contributed by atoms with van der Waals surface area (Å²) in [6, 6.07) is 12.3. The number of rotatable bonds is 7. The van der Waals surface area contributed by atoms with E-state index in [0.29, 0.717) is 34.3 Å². The van der Waals surface area contributed by atoms with Crippen molar-refractivity contribution in [3.05, 3.63) is 74.0 Å². The standard InChI is InChI=1S/C24H22BrClN4O3/c1-14-23(25)15(2)30(29-14)13-18-10-16(5-7-21(18)32-3)9-17(12-27)24(31)28-20-11-19(26)6-8-22(20)33-4/h5-11H,13H2,1-4H3,(H,28,31)/b17-9+. The molecule has 1 aromatic heterocycles. The third-order valence-electron chi connectivity index (χ3n) is 5.00. The summed E-state index contributed by atoms with van der Waals surface area (Å²) in [5.74, 6) is 0.549. The Kier molecular flexibility index (Phi) is 7.79. The molecule has 0 unspecified atom stereocenters. The number of amides is 1. The van der Waals surface area contributed by atoms with Crippen LogP contribution in [-0.2, 0) is 11.3 Å². The summed E-state index contributed by atoms with van der Waals surface area (Å²) in [5, 5.41) is 17.3. The summed E-state index contributed by atoms with van der Waals surface area (Å²) in [6.07, 6.45) is 1.52. The van der Waals surface area contributed by atoms with Crippen molar-refractivity contribution in [3.8, 4) is 17.6 Å². The Bertz CT molecular complexity index is 1280. The average Bonchev–Trinajstić information content (AvgIpc) is 3.04. The quantitative estimate of drug-likeness (QED) is 0.321. The molecular weight excluding hydrogens is 508 g/mol. The third-order valence-corrected chi connectivity index (χ3v) is 6.39. The molecule has 2 aromatic carbocycles. The first-order valence-corrected chi connectivity index (χ1v) is 11.1. The largest absolute Gasteiger partial charge is 0.496 e. The minimum absolute atomic E-state index is 0.0676. The van der Waals surface area contributed by atoms with Crippen molar-refractivity contribution in [2.75, 3.05) is 19.5 Å². The maximum atomic E-state index is 12.8. The highest BCUT2D eigenvalue weighted by Gasteiger charge is 2.15. The molecule has 0 spiro atoms. The number of carbonyl (C=O) groups is 1. The van der Waals surface area contributed by atoms with Gasteiger partial charge in [0.25, 0.3) is 5.91 Å². The summed E-state index contributed by atoms with van der Waals surface area (Å²) in [7, 11) is 3.08. The minimum atomic E-state index is -0.571. The zero-order valence-corrected chi connectivity index (χ0v) is 20.9. The molecule has 0 atom stereocenters. The molecule has 0 aliphatic heterocycles. The summed E-state index contributed by atoms with van der Waals surface area (Å²) >= 11 is 9.57. The maximum Gasteiger partial charge on any atom is 0.266 e. The highest BCUT2D eigenvalue weighted by atomic mass is 79.9. The molecule has 3 aromatic rings. The number of halogens is 2. The number of ether oxygens (including phenoxy) is 2. The Labute approximate surface area is 205 Å². The fourth-order valence-corrected chi connectivity index (χ4v) is 3.74. The average molecular weight is 530 g/mol. The molecule has 3 rings (SSSR count). The fraction of sp³-hybridized carbons (Fsp3) is 0.208. The second kappa shape index (κ2) is 10.6. The maximum absolute atomic E-state index is 12.8. The SMILES string of the molecule is COc1ccc(/C=C(\C#N)C(=O)Nc2cc(Cl)ccc2OC)cc1Cn1nc(C)c(Br)c1C. The van der Waals surface area contributed by atoms with Crippen molar-refractivity contribution in [1.82, 2.24) is 9.78 Å². The van der Waals surface area contributed by atoms with Crippen molar-refractivity contribution in [3.63, 3.8) is 0 Å². The summed E-state index contributed by atoms with van der Waals surface area (Å²) in [5.41, 5.74) is 3.73. The minimum Gasteiger partial charge on any atom is -0.496 e. The van der Waals surface area contributed by atoms with E-state index in [2.05, 4.69) is 26.3 Å². The van der Waals surface area contributed by atoms with Gasteiger partial charge >= 0.3 is 0 Å². The van der Waals surface area contributed by atoms with Crippen LogP contribution >= 0.6 is 27.5 Å². The Hall–Kier alpha value is -3.28. The molecule has 170 valence electrons. The van der Waals surface area contributed by atoms with Crippen LogP contribution in [0.25, 0.3) is 6.08 Å². The normalized spacial score (nSPS) is 11.1. The highest BCUT2D eigenvalue weighted by Crippen LogP contribution is 2.29. The van der Waals surface area contributed by atoms with Crippen LogP contribution in [0.2, 0.25) is 5.02 Å². The van der Waals surface area contributed by atoms with Gasteiger partial charge in [-0.15, -0.1) is 0 Å². The number of aryl methyl sites for hydroxylation is 1. The molecule has 33 heavy (non-hydrogen) atoms. The molecule has 0 saturated carbocycles. The van der Waals surface area contributed by atoms with Gasteiger partial charge in [0.1, 0.15) is 23.1 Å². The number of hydrogen-bond donors (Lipinski definition) is 1. The lowest BCUT2D eigenvalue weighted by Crippen LogP contribution is -2.14. The van der Waals surface area contributed by atoms with Gasteiger partial charge in [0.2, 0.25) is 0 Å². The van der Waals surface area contributed by atoms with Gasteiger partial charge in [-0.3, -0.25) is 9.48 Å². The number of nitriles is 1. The topological polar surface area (TPSA) is 89.2 Å². The van der Waals surface area contributed by atoms with Gasteiger partial charge in [-0.05, 0) is 71.7 Å². The van der Waals surface area contributed by atoms with E-state index in [9.17, 15) is 10.1 Å². The predicted molar refractivity (Wildman–Crippen MR) is 132 cm³/mol. The number of aromatic nitrogens is 2. The van der Waals surface area contributed by atoms with Gasteiger partial charge in [-0.1, -0.05) is 17.7 Å². The van der Waals surface area contributed by atoms with Gasteiger partial charge in [0, 0.05) is 10.6 Å². The molecule has 9 heteroatoms. The third kappa shape index (κ3) is 5.56. The van der Waals surface area contributed by atoms with Gasteiger partial charge < -0.3 is 14.8 Å². The van der Waals surface area contributed by atoms with Crippen LogP contribution in [0.1, 0.15) is 22.5 Å². The number of anilines is 1. The fourth-order valence-electron chi connectivity index (χ4n) is 3.29. The van der Waals surface area contributed by atoms with Crippen molar-refractivity contribution < 1.29 is 14.3 Å². The zero-order chi connectivity index (χ0) is 24.1. The van der Waals surface area contributed by atoms with E-state index in [1.54, 1.807) is 37.4 Å². The van der Waals surface area contributed by atoms with E-state index < -0.39 is 5.91 Å². The first-order chi connectivity index (χ1) is 15.8. The van der Waals surface area contributed by atoms with Gasteiger partial charge in [-0.25, -0.2) is 0 Å². The molecule has 0 radical (unpaired) electrons. The Morgan fingerprint density at radius 3 is 2.52 bits per heavy atom. The van der Waals surface area contributed by atoms with Crippen LogP contribution in [0.3, 0.4) is 0 Å². The van der Waals surface area contributed by atoms with Crippen LogP contribution in [-0.4, -0.2) is 29.9 Å². The Morgan fingerprint density at radius 2 is 1.91 bits per heavy atom. The van der Waals surface area contributed by atoms with Gasteiger partial charge in [0.05, 0.1) is 42.3 Å². The molecular formula is C24H22BrClN4O3. The first kappa shape index (κ1) is 24.4. The summed E-state index contributed by atoms with van der Waals surface area (Å²) < 4.78 is 13.6. The van der Waals surface area contributed by atoms with Crippen LogP contribution in [0, 0.1) is 25.2 Å². The van der Waals surface area contributed by atoms with Crippen LogP contribution in [0.4, 0.5) is 5.69 Å². The second-order valence-electron chi connectivity index (χ2n) is 7.18. The number of methoxy groups -OCH3 is 2. The van der Waals surface area contributed by atoms with Gasteiger partial charge in [-0.2, -0.15) is 10.4 Å². The van der Waals surface area contributed by atoms with E-state index in [-0.39, 0.29) is 5.57 Å². The van der Waals surface area contributed by atoms with Crippen molar-refractivity contribution in [2.45, 2.75) is 20.4 Å². The first-order valence-electron chi connectivity index (χ1n) is 9.90. The number of benzene rings is 2. The van der Waals surface area contributed by atoms with Crippen molar-refractivity contribution in [1.29, 1.82) is 5.26 Å². The van der Waals surface area contributed by atoms with E-state index in [4.69, 9.17) is 21.1 Å². The molecule has 1 amide bonds. The van der Waals surface area contributed by atoms with E-state index in [1.165, 1.54) is 13.2 Å². The Balaban J connectivity index is 1.91. The molecule has 0 aliphatic rings. The summed E-state index contributed by atoms with van der Waals surface area (Å²) in [6.45, 7) is 4.37. The highest BCUT2D eigenvalue weighted by molar-refractivity contribution is 9.10. The monoisotopic (exact) mass is 528 g/mol. The molecule has 1 N–H and O–H groups in total. The van der Waals surface area contributed by atoms with E-state index >= 15 is 0 Å². The molecule has 0 aliphatic carbocycles. The zero-order valence-electron chi connectivity index (χ0n) is 18.6. The number of hydrogen-bond acceptors (Lipinski definition) is 5. The number of nitrogens with one attached hydrogen (secondary N) is 1. The van der Waals surface area contributed by atoms with E-state index in [0.717, 1.165) is 21.4 Å². The lowest BCUT2D eigenvalue weighted by atomic mass is 10.1. The molecule has 0 bridgehead atoms. The molecule has 0 saturated heterocycles. The predicted octanol–water partition coefficient (Wildman–Crippen LogP) is 5.53. The molecule has 0 fully saturated rings. The van der Waals surface area contributed by atoms with Crippen molar-refractivity contribution in [2.24, 2.45) is 0 Å². The van der Waals surface area contributed by atoms with Crippen LogP contribution in [0.5, 0.6) is 11.5 Å². The molecule has 7 nitrogen and oxygen atoms in total. The number of nitrogens with zero attached hydrogens (tertiary/aromatic N) is 3. The van der Waals surface area contributed by atoms with Crippen molar-refractivity contribution >= 4 is 45.2 Å². The lowest BCUT2D eigenvalue weighted by molar-refractivity contribution is -0.112. The molecule has 1 heterocycles. The summed E-state index contributed by atoms with van der Waals surface area (Å²) in [4.78, 5) is 12.8. The van der Waals surface area contributed by atoms with Crippen LogP contribution in [0.15, 0.2) is 46.4 Å². The lowest BCUT2D eigenvalue weighted by Gasteiger charge is -2.12. The smallest absolute Gasteiger partial charge is 0.266 e. The second-order valence-corrected chi connectivity index (χ2v) is 8.41. The van der Waals surface area contributed by atoms with E-state index in [1.807, 2.05) is 30.7 Å². The Morgan fingerprint density at radius 1 is 1.21 bits per heavy atom. The van der Waals surface area contributed by atoms with Gasteiger partial charge in [0.15, 0.2) is 0 Å². The number of carbonyl (C=O) groups excluding carboxylic acids is 1.